The van der Waals surface area contributed by atoms with Gasteiger partial charge in [0.2, 0.25) is 0 Å². The van der Waals surface area contributed by atoms with Gasteiger partial charge in [-0.25, -0.2) is 0 Å². The normalized spacial score (nSPS) is 14.6. The van der Waals surface area contributed by atoms with Gasteiger partial charge in [0, 0.05) is 72.1 Å². The van der Waals surface area contributed by atoms with Crippen LogP contribution < -0.4 is 9.80 Å². The minimum Gasteiger partial charge on any atom is -0.455 e. The van der Waals surface area contributed by atoms with Crippen molar-refractivity contribution in [3.05, 3.63) is 407 Å². The van der Waals surface area contributed by atoms with Gasteiger partial charge in [0.05, 0.1) is 11.1 Å². The number of anilines is 6. The Morgan fingerprint density at radius 3 is 1.10 bits per heavy atom. The van der Waals surface area contributed by atoms with E-state index in [1.165, 1.54) is 128 Å². The van der Waals surface area contributed by atoms with E-state index >= 15 is 0 Å². The predicted octanol–water partition coefficient (Wildman–Crippen LogP) is 28.5. The van der Waals surface area contributed by atoms with Crippen LogP contribution in [0.25, 0.3) is 122 Å². The van der Waals surface area contributed by atoms with E-state index in [0.29, 0.717) is 0 Å². The molecule has 0 saturated heterocycles. The Morgan fingerprint density at radius 1 is 0.211 bits per heavy atom. The van der Waals surface area contributed by atoms with E-state index in [4.69, 9.17) is 4.42 Å². The maximum absolute atomic E-state index is 7.15. The smallest absolute Gasteiger partial charge is 0.143 e. The highest BCUT2D eigenvalue weighted by Gasteiger charge is 2.54. The largest absolute Gasteiger partial charge is 0.455 e. The molecule has 1 aromatic heterocycles. The maximum Gasteiger partial charge on any atom is 0.143 e. The van der Waals surface area contributed by atoms with Gasteiger partial charge in [0.1, 0.15) is 11.2 Å². The topological polar surface area (TPSA) is 19.6 Å². The molecule has 1 spiro atoms. The van der Waals surface area contributed by atoms with Crippen LogP contribution in [-0.2, 0) is 21.7 Å². The van der Waals surface area contributed by atoms with Crippen LogP contribution in [-0.4, -0.2) is 0 Å². The molecule has 22 rings (SSSR count). The molecule has 0 N–H and O–H groups in total. The fourth-order valence-corrected chi connectivity index (χ4v) is 20.3. The molecule has 0 saturated carbocycles. The van der Waals surface area contributed by atoms with Crippen molar-refractivity contribution in [2.75, 3.05) is 9.80 Å². The molecule has 0 bridgehead atoms. The second-order valence-electron chi connectivity index (χ2n) is 32.1. The average molecular weight is 1390 g/mol. The third kappa shape index (κ3) is 8.93. The first-order chi connectivity index (χ1) is 53.3. The quantitative estimate of drug-likeness (QED) is 0.136. The number of furan rings is 1. The lowest BCUT2D eigenvalue weighted by Gasteiger charge is -2.36. The Balaban J connectivity index is 0.670. The first kappa shape index (κ1) is 63.2. The van der Waals surface area contributed by atoms with Crippen molar-refractivity contribution in [1.29, 1.82) is 0 Å². The van der Waals surface area contributed by atoms with Crippen LogP contribution in [0.4, 0.5) is 34.1 Å². The van der Waals surface area contributed by atoms with Gasteiger partial charge in [-0.15, -0.1) is 0 Å². The third-order valence-electron chi connectivity index (χ3n) is 25.5. The lowest BCUT2D eigenvalue weighted by atomic mass is 9.69. The number of hydrogen-bond donors (Lipinski definition) is 0. The molecule has 109 heavy (non-hydrogen) atoms. The van der Waals surface area contributed by atoms with E-state index < -0.39 is 5.41 Å². The Labute approximate surface area is 637 Å². The Bertz CT molecular complexity index is 6620. The van der Waals surface area contributed by atoms with E-state index in [-0.39, 0.29) is 16.2 Å². The van der Waals surface area contributed by atoms with E-state index in [2.05, 4.69) is 403 Å². The first-order valence-corrected chi connectivity index (χ1v) is 38.5. The molecule has 0 amide bonds. The summed E-state index contributed by atoms with van der Waals surface area (Å²) < 4.78 is 7.15. The SMILES string of the molecule is CC1(C)c2ccccc2-c2ccc(N(c3ccc(-c4ccc(-c5ccc(N(c6ccc(-c7ccccc7)cc6)c6ccc7c(c6)C(C)(C)c6ccccc6-7)c6c5-c5ccccc5C65c6ccccc6-c6ccccc65)cc4)cc3)c3ccc(-c4cccc5c4oc4c6c(ccc45)C(C)(C)c4ccccc4-6)cc3)cc21. The highest BCUT2D eigenvalue weighted by molar-refractivity contribution is 6.15. The van der Waals surface area contributed by atoms with Crippen molar-refractivity contribution in [2.45, 2.75) is 63.2 Å². The van der Waals surface area contributed by atoms with Gasteiger partial charge >= 0.3 is 0 Å². The summed E-state index contributed by atoms with van der Waals surface area (Å²) in [6, 6.07) is 133. The molecule has 3 heteroatoms. The molecule has 0 radical (unpaired) electrons. The van der Waals surface area contributed by atoms with Crippen LogP contribution in [0.2, 0.25) is 0 Å². The molecular formula is C106H76N2O. The molecule has 516 valence electrons. The van der Waals surface area contributed by atoms with Gasteiger partial charge in [-0.3, -0.25) is 0 Å². The zero-order valence-electron chi connectivity index (χ0n) is 61.8. The van der Waals surface area contributed by atoms with E-state index in [0.717, 1.165) is 83.9 Å². The summed E-state index contributed by atoms with van der Waals surface area (Å²) in [4.78, 5) is 5.01. The van der Waals surface area contributed by atoms with Crippen LogP contribution in [0.3, 0.4) is 0 Å². The van der Waals surface area contributed by atoms with Gasteiger partial charge in [-0.1, -0.05) is 327 Å². The van der Waals surface area contributed by atoms with Gasteiger partial charge in [-0.2, -0.15) is 0 Å². The number of benzene rings is 16. The highest BCUT2D eigenvalue weighted by Crippen LogP contribution is 2.67. The summed E-state index contributed by atoms with van der Waals surface area (Å²) >= 11 is 0. The Hall–Kier alpha value is -13.1. The van der Waals surface area contributed by atoms with Crippen LogP contribution in [0, 0.1) is 0 Å². The molecule has 17 aromatic rings. The molecule has 1 heterocycles. The van der Waals surface area contributed by atoms with Crippen molar-refractivity contribution in [3.63, 3.8) is 0 Å². The van der Waals surface area contributed by atoms with E-state index in [1.807, 2.05) is 0 Å². The average Bonchev–Trinajstić information content (AvgIpc) is 1.50. The lowest BCUT2D eigenvalue weighted by Crippen LogP contribution is -2.28. The van der Waals surface area contributed by atoms with Gasteiger partial charge in [-0.05, 0) is 206 Å². The number of para-hydroxylation sites is 1. The summed E-state index contributed by atoms with van der Waals surface area (Å²) in [5.41, 5.74) is 42.6. The van der Waals surface area contributed by atoms with Gasteiger partial charge in [0.15, 0.2) is 0 Å². The second kappa shape index (κ2) is 23.2. The van der Waals surface area contributed by atoms with Crippen molar-refractivity contribution in [1.82, 2.24) is 0 Å². The molecule has 0 aliphatic heterocycles. The summed E-state index contributed by atoms with van der Waals surface area (Å²) in [7, 11) is 0. The molecule has 0 atom stereocenters. The predicted molar refractivity (Wildman–Crippen MR) is 454 cm³/mol. The van der Waals surface area contributed by atoms with Gasteiger partial charge in [0.25, 0.3) is 0 Å². The van der Waals surface area contributed by atoms with Crippen molar-refractivity contribution >= 4 is 56.1 Å². The Kier molecular flexibility index (Phi) is 13.5. The van der Waals surface area contributed by atoms with Crippen molar-refractivity contribution < 1.29 is 4.42 Å². The van der Waals surface area contributed by atoms with Crippen LogP contribution >= 0.6 is 0 Å². The van der Waals surface area contributed by atoms with Crippen LogP contribution in [0.5, 0.6) is 0 Å². The van der Waals surface area contributed by atoms with Crippen molar-refractivity contribution in [3.8, 4) is 100 Å². The van der Waals surface area contributed by atoms with Crippen molar-refractivity contribution in [2.24, 2.45) is 0 Å². The summed E-state index contributed by atoms with van der Waals surface area (Å²) in [6.45, 7) is 14.2. The Morgan fingerprint density at radius 2 is 0.560 bits per heavy atom. The molecule has 3 nitrogen and oxygen atoms in total. The lowest BCUT2D eigenvalue weighted by molar-refractivity contribution is 0.653. The van der Waals surface area contributed by atoms with Crippen LogP contribution in [0.15, 0.2) is 356 Å². The summed E-state index contributed by atoms with van der Waals surface area (Å²) in [5, 5.41) is 2.28. The standard InChI is InChI=1S/C106H76N2O/c1-103(2)90-35-18-14-29-86(90)99-94(103)61-59-85-84-32-22-31-77(101(84)109-102(85)99)70-47-53-72(54-48-70)107(74-55-57-82-78-25-10-16-33-88(78)104(3,4)95(82)63-74)71-49-43-68(44-50-71)66-39-41-69(42-40-66)76-60-62-97(100-98(76)87-30-15-21-38-93(87)106(100)91-36-19-12-27-80(91)81-28-13-20-37-92(81)106)108(73-51-45-67(46-52-73)65-23-8-7-9-24-65)75-56-58-83-79-26-11-17-34-89(79)105(5,6)96(83)64-75/h7-64H,1-6H3. The molecule has 16 aromatic carbocycles. The zero-order valence-corrected chi connectivity index (χ0v) is 61.8. The number of fused-ring (bicyclic) bond motifs is 23. The summed E-state index contributed by atoms with van der Waals surface area (Å²) in [5.74, 6) is 0. The number of nitrogens with zero attached hydrogens (tertiary/aromatic N) is 2. The van der Waals surface area contributed by atoms with E-state index in [9.17, 15) is 0 Å². The third-order valence-corrected chi connectivity index (χ3v) is 25.5. The minimum atomic E-state index is -0.659. The highest BCUT2D eigenvalue weighted by atomic mass is 16.3. The monoisotopic (exact) mass is 1390 g/mol. The minimum absolute atomic E-state index is 0.123. The molecular weight excluding hydrogens is 1320 g/mol. The fourth-order valence-electron chi connectivity index (χ4n) is 20.3. The molecule has 5 aliphatic carbocycles. The van der Waals surface area contributed by atoms with Gasteiger partial charge < -0.3 is 14.2 Å². The number of hydrogen-bond acceptors (Lipinski definition) is 3. The zero-order chi connectivity index (χ0) is 72.8. The first-order valence-electron chi connectivity index (χ1n) is 38.5. The maximum atomic E-state index is 7.15. The van der Waals surface area contributed by atoms with E-state index in [1.54, 1.807) is 0 Å². The molecule has 5 aliphatic rings. The van der Waals surface area contributed by atoms with Crippen LogP contribution in [0.1, 0.15) is 97.2 Å². The summed E-state index contributed by atoms with van der Waals surface area (Å²) in [6.07, 6.45) is 0. The number of rotatable bonds is 10. The second-order valence-corrected chi connectivity index (χ2v) is 32.1. The molecule has 0 unspecified atom stereocenters. The fraction of sp³-hybridized carbons (Fsp3) is 0.0943. The molecule has 0 fully saturated rings.